The molecular weight excluding hydrogens is 1090 g/mol. The van der Waals surface area contributed by atoms with Crippen molar-refractivity contribution in [2.24, 2.45) is 16.6 Å². The smallest absolute Gasteiger partial charge is 1.00 e. The Balaban J connectivity index is -0.0000000664. The van der Waals surface area contributed by atoms with Crippen LogP contribution in [0, 0.1) is 4.78 Å². The summed E-state index contributed by atoms with van der Waals surface area (Å²) in [6.45, 7) is 19.5. The number of nitrogens with zero attached hydrogens (tertiary/aromatic N) is 4. The summed E-state index contributed by atoms with van der Waals surface area (Å²) in [5.74, 6) is 4.31. The molecule has 5 heterocycles. The first-order valence-electron chi connectivity index (χ1n) is 21.6. The average Bonchev–Trinajstić information content (AvgIpc) is 4.09. The van der Waals surface area contributed by atoms with Crippen LogP contribution >= 0.6 is 88.0 Å². The van der Waals surface area contributed by atoms with E-state index >= 15 is 0 Å². The fourth-order valence-electron chi connectivity index (χ4n) is 6.01. The van der Waals surface area contributed by atoms with E-state index < -0.39 is 10.9 Å². The van der Waals surface area contributed by atoms with Gasteiger partial charge in [-0.05, 0) is 224 Å². The molecule has 0 amide bonds. The quantitative estimate of drug-likeness (QED) is 0.0155. The van der Waals surface area contributed by atoms with Gasteiger partial charge in [-0.15, -0.1) is 47.2 Å². The molecular formula is C39H89BrCl4K2N9NaO5S3. The number of thiocarbonyl (C=S) groups is 1. The van der Waals surface area contributed by atoms with Crippen LogP contribution in [0.2, 0.25) is 0 Å². The van der Waals surface area contributed by atoms with E-state index in [9.17, 15) is 0 Å². The number of nitrogens with two attached hydrogens (primary N) is 3. The van der Waals surface area contributed by atoms with Crippen LogP contribution < -0.4 is 160 Å². The van der Waals surface area contributed by atoms with Gasteiger partial charge < -0.3 is 58.5 Å². The van der Waals surface area contributed by atoms with E-state index in [-0.39, 0.29) is 170 Å². The van der Waals surface area contributed by atoms with Crippen molar-refractivity contribution in [3.05, 3.63) is 0 Å². The summed E-state index contributed by atoms with van der Waals surface area (Å²) in [6, 6.07) is 0. The normalized spacial score (nSPS) is 16.2. The maximum absolute atomic E-state index is 8.64. The summed E-state index contributed by atoms with van der Waals surface area (Å²) in [5, 5.41) is 25.6. The first kappa shape index (κ1) is 88.8. The fraction of sp³-hybridized carbons (Fsp3) is 0.949. The fourth-order valence-corrected chi connectivity index (χ4v) is 7.56. The Morgan fingerprint density at radius 1 is 0.781 bits per heavy atom. The number of aliphatic hydroxyl groups excluding tert-OH is 1. The van der Waals surface area contributed by atoms with Crippen LogP contribution in [0.5, 0.6) is 0 Å². The van der Waals surface area contributed by atoms with Crippen molar-refractivity contribution in [1.29, 1.82) is 4.78 Å². The van der Waals surface area contributed by atoms with Crippen LogP contribution in [0.3, 0.4) is 0 Å². The molecule has 0 saturated carbocycles. The van der Waals surface area contributed by atoms with Gasteiger partial charge in [-0.3, -0.25) is 14.7 Å². The minimum Gasteiger partial charge on any atom is -1.00 e. The van der Waals surface area contributed by atoms with E-state index in [4.69, 9.17) is 59.9 Å². The molecule has 0 aromatic rings. The van der Waals surface area contributed by atoms with E-state index in [2.05, 4.69) is 82.0 Å². The number of carbonyl (C=O) groups excluding carboxylic acids is 1. The molecule has 5 saturated heterocycles. The number of carbonyl (C=O) groups is 1. The van der Waals surface area contributed by atoms with Gasteiger partial charge in [0.05, 0.1) is 0 Å². The average molecular weight is 1180 g/mol. The molecule has 376 valence electrons. The minimum absolute atomic E-state index is 0. The predicted molar refractivity (Wildman–Crippen MR) is 278 cm³/mol. The topological polar surface area (TPSA) is 226 Å². The summed E-state index contributed by atoms with van der Waals surface area (Å²) >= 11 is 27.9. The zero-order chi connectivity index (χ0) is 45.0. The maximum Gasteiger partial charge on any atom is 1.00 e. The van der Waals surface area contributed by atoms with Crippen molar-refractivity contribution >= 4 is 110 Å². The monoisotopic (exact) mass is 1180 g/mol. The third-order valence-corrected chi connectivity index (χ3v) is 11.2. The summed E-state index contributed by atoms with van der Waals surface area (Å²) in [6.07, 6.45) is 19.6. The molecule has 5 rings (SSSR count). The van der Waals surface area contributed by atoms with E-state index in [0.29, 0.717) is 0 Å². The number of nitrogens with one attached hydrogen (secondary N) is 2. The van der Waals surface area contributed by atoms with Gasteiger partial charge in [0.25, 0.3) is 6.47 Å². The molecule has 0 spiro atoms. The van der Waals surface area contributed by atoms with Gasteiger partial charge in [-0.25, -0.2) is 0 Å². The molecule has 0 radical (unpaired) electrons. The summed E-state index contributed by atoms with van der Waals surface area (Å²) < 4.78 is 7.14. The van der Waals surface area contributed by atoms with Gasteiger partial charge in [-0.2, -0.15) is 12.6 Å². The molecule has 0 aliphatic carbocycles. The van der Waals surface area contributed by atoms with E-state index in [1.54, 1.807) is 6.92 Å². The van der Waals surface area contributed by atoms with Gasteiger partial charge in [0.1, 0.15) is 0 Å². The van der Waals surface area contributed by atoms with Crippen LogP contribution in [0.15, 0.2) is 0 Å². The Hall–Kier alpha value is 5.21. The van der Waals surface area contributed by atoms with Crippen LogP contribution in [0.4, 0.5) is 0 Å². The standard InChI is InChI=1S/2C7H14ClN.C7H17N3S.C7H15NS.C4H9N.C3H6BrCl.C2H6O.CH4N2S.CH2O3.ClH.2K.Na.H2O.H/c2*8-4-3-7-9-5-1-2-6-9;8-11(9)7-3-6-10-4-1-2-5-10;9-7-3-6-8-4-1-2-5-8;1-2-4-5-3-1;4-2-1-3-5;1-2-3;2-1(3)4;2-1-4-3;;;;;;/h2*1-7H2;1-7H2,(H3,8,9);9H,1-7H2;5H,1-4H2;1-3H2;3H,2H2,1H3;(H4,2,3,4);1,3H;1H;;;;1H2;/q;;;;;;;;;;3*+1;;-1/p-2. The predicted octanol–water partition coefficient (Wildman–Crippen LogP) is -3.08. The van der Waals surface area contributed by atoms with Gasteiger partial charge in [0.2, 0.25) is 0 Å². The third kappa shape index (κ3) is 84.0. The second-order valence-corrected chi connectivity index (χ2v) is 18.1. The molecule has 0 aromatic heterocycles. The van der Waals surface area contributed by atoms with Crippen LogP contribution in [-0.4, -0.2) is 174 Å². The number of hydrogen-bond donors (Lipinski definition) is 7. The van der Waals surface area contributed by atoms with Crippen molar-refractivity contribution in [3.63, 3.8) is 0 Å². The van der Waals surface area contributed by atoms with E-state index in [0.717, 1.165) is 66.7 Å². The molecule has 0 aromatic carbocycles. The summed E-state index contributed by atoms with van der Waals surface area (Å²) in [4.78, 5) is 21.2. The Morgan fingerprint density at radius 2 is 1.05 bits per heavy atom. The molecule has 1 atom stereocenters. The van der Waals surface area contributed by atoms with Crippen molar-refractivity contribution < 1.29 is 159 Å². The number of aliphatic hydroxyl groups is 1. The Kier molecular flexibility index (Phi) is 111. The molecule has 64 heavy (non-hydrogen) atoms. The van der Waals surface area contributed by atoms with Crippen molar-refractivity contribution in [3.8, 4) is 0 Å². The van der Waals surface area contributed by atoms with Crippen LogP contribution in [0.25, 0.3) is 0 Å². The van der Waals surface area contributed by atoms with Crippen LogP contribution in [-0.2, 0) is 20.6 Å². The first-order chi connectivity index (χ1) is 28.6. The number of thiol groups is 1. The van der Waals surface area contributed by atoms with E-state index in [1.165, 1.54) is 156 Å². The molecule has 5 fully saturated rings. The second kappa shape index (κ2) is 79.6. The van der Waals surface area contributed by atoms with Crippen LogP contribution in [0.1, 0.15) is 105 Å². The largest absolute Gasteiger partial charge is 1.00 e. The van der Waals surface area contributed by atoms with Gasteiger partial charge in [0.15, 0.2) is 5.11 Å². The van der Waals surface area contributed by atoms with Crippen molar-refractivity contribution in [1.82, 2.24) is 24.9 Å². The Labute approximate surface area is 543 Å². The molecule has 10 N–H and O–H groups in total. The number of rotatable bonds is 16. The summed E-state index contributed by atoms with van der Waals surface area (Å²) in [7, 11) is -0.592. The second-order valence-electron chi connectivity index (χ2n) is 13.9. The van der Waals surface area contributed by atoms with Crippen molar-refractivity contribution in [2.75, 3.05) is 133 Å². The minimum atomic E-state index is -0.592. The zero-order valence-corrected chi connectivity index (χ0v) is 55.8. The van der Waals surface area contributed by atoms with Gasteiger partial charge in [-0.1, -0.05) is 15.9 Å². The number of halogens is 5. The third-order valence-electron chi connectivity index (χ3n) is 8.75. The van der Waals surface area contributed by atoms with Gasteiger partial charge in [0, 0.05) is 35.3 Å². The summed E-state index contributed by atoms with van der Waals surface area (Å²) in [5.41, 5.74) is 9.24. The van der Waals surface area contributed by atoms with Gasteiger partial charge >= 0.3 is 132 Å². The number of hydrogen-bond acceptors (Lipinski definition) is 13. The number of alkyl halides is 4. The molecule has 25 heteroatoms. The Morgan fingerprint density at radius 3 is 1.22 bits per heavy atom. The molecule has 0 bridgehead atoms. The first-order valence-corrected chi connectivity index (χ1v) is 26.8. The molecule has 5 aliphatic rings. The SMILES string of the molecule is C1CCNC1.CCO.Cl.ClCCCBr.ClCCCN1CCCC1.ClCCCN1CCCC1.N=S(N)CCCN1CCCC1.NC(N)=S.O=CO[O-].SCCCN1CCCC1.[H-].[K+].[K+].[Na+].[OH-]. The molecule has 5 aliphatic heterocycles. The van der Waals surface area contributed by atoms with E-state index in [1.807, 2.05) is 0 Å². The van der Waals surface area contributed by atoms with Crippen molar-refractivity contribution in [2.45, 2.75) is 103 Å². The molecule has 1 unspecified atom stereocenters. The molecule has 14 nitrogen and oxygen atoms in total. The Bertz CT molecular complexity index is 814. The maximum atomic E-state index is 8.64. The number of likely N-dealkylation sites (tertiary alicyclic amines) is 4. The zero-order valence-electron chi connectivity index (χ0n) is 41.4.